The molecule has 0 aliphatic carbocycles. The molecule has 16 amide bonds. The Balaban J connectivity index is 1.65. The summed E-state index contributed by atoms with van der Waals surface area (Å²) in [6.07, 6.45) is -31.7. The number of likely N-dealkylation sites (tertiary alicyclic amines) is 1. The molecule has 0 bridgehead atoms. The number of carbonyl (C=O) groups is 18. The number of carboxylic acids is 2. The maximum Gasteiger partial charge on any atom is 0.328 e. The smallest absolute Gasteiger partial charge is 0.328 e. The molecule has 0 aromatic rings. The molecule has 122 heavy (non-hydrogen) atoms. The second-order valence-electron chi connectivity index (χ2n) is 29.2. The average Bonchev–Trinajstić information content (AvgIpc) is 1.17. The Labute approximate surface area is 693 Å². The van der Waals surface area contributed by atoms with Crippen LogP contribution >= 0.6 is 0 Å². The van der Waals surface area contributed by atoms with Gasteiger partial charge in [0.2, 0.25) is 94.5 Å². The fourth-order valence-electron chi connectivity index (χ4n) is 12.8. The van der Waals surface area contributed by atoms with Crippen molar-refractivity contribution in [1.82, 2.24) is 74.0 Å². The molecule has 4 fully saturated rings. The minimum Gasteiger partial charge on any atom is -0.481 e. The van der Waals surface area contributed by atoms with Crippen molar-refractivity contribution in [3.63, 3.8) is 0 Å². The van der Waals surface area contributed by atoms with Gasteiger partial charge in [-0.3, -0.25) is 81.5 Å². The number of primary amides is 2. The van der Waals surface area contributed by atoms with Crippen molar-refractivity contribution in [2.75, 3.05) is 52.7 Å². The molecular formula is C68H111N17O37. The molecule has 54 heteroatoms. The lowest BCUT2D eigenvalue weighted by atomic mass is 9.93. The number of hydrogen-bond donors (Lipinski definition) is 30. The number of hydrogen-bond acceptors (Lipinski definition) is 36. The molecule has 33 N–H and O–H groups in total. The normalized spacial score (nSPS) is 26.5. The second kappa shape index (κ2) is 49.1. The molecule has 4 rings (SSSR count). The summed E-state index contributed by atoms with van der Waals surface area (Å²) >= 11 is 0. The number of nitrogens with zero attached hydrogens (tertiary/aromatic N) is 1. The van der Waals surface area contributed by atoms with Gasteiger partial charge in [0.05, 0.1) is 71.2 Å². The molecule has 0 unspecified atom stereocenters. The highest BCUT2D eigenvalue weighted by molar-refractivity contribution is 6.01. The van der Waals surface area contributed by atoms with Gasteiger partial charge in [-0.15, -0.1) is 0 Å². The number of aliphatic carboxylic acids is 2. The number of nitrogens with two attached hydrogens (primary N) is 3. The highest BCUT2D eigenvalue weighted by atomic mass is 16.7. The number of aliphatic hydroxyl groups is 12. The Bertz CT molecular complexity index is 3680. The van der Waals surface area contributed by atoms with Crippen molar-refractivity contribution in [3.05, 3.63) is 0 Å². The number of amides is 16. The van der Waals surface area contributed by atoms with E-state index in [1.807, 2.05) is 10.6 Å². The summed E-state index contributed by atoms with van der Waals surface area (Å²) in [5.41, 5.74) is 16.1. The highest BCUT2D eigenvalue weighted by Crippen LogP contribution is 2.31. The molecule has 690 valence electrons. The SMILES string of the molecule is CC(=O)N[C@@H]1[C@@H](O)[C@H](O[C@@H]2O[C@H](CO)[C@@H](O)[C@H](O)[C@H]2NC(C)=O)[C@@H](CO[C@@H]2O[C@@H](C)[C@@H](O)[C@@H](O)[C@@H]2O)O[C@H]1NC(=O)C[C@H](NC(=O)[C@H](CCC(N)=O)NC(=O)CN)C(=O)N[C@@H](CC(=O)O)C(=O)N[C@H](C(=O)N[C@@H](CO)C(=O)N[C@@H](CCC(N)=O)C(=O)N[C@H](C(=O)N[C@@H](CO)C(=O)N[C@@H](CO)C(=O)N1CCC[C@H]1C(=O)N[C@@H](CO)C(=O)O)[C@@H](C)O)C(C)C. The molecule has 0 saturated carbocycles. The van der Waals surface area contributed by atoms with E-state index in [-0.39, 0.29) is 19.4 Å². The van der Waals surface area contributed by atoms with Crippen LogP contribution in [-0.2, 0) is 110 Å². The largest absolute Gasteiger partial charge is 0.481 e. The number of ether oxygens (including phenoxy) is 5. The highest BCUT2D eigenvalue weighted by Gasteiger charge is 2.54. The van der Waals surface area contributed by atoms with Crippen molar-refractivity contribution in [2.24, 2.45) is 23.1 Å². The van der Waals surface area contributed by atoms with Gasteiger partial charge in [-0.2, -0.15) is 0 Å². The topological polar surface area (TPSA) is 874 Å². The average molecular weight is 1760 g/mol. The van der Waals surface area contributed by atoms with Crippen molar-refractivity contribution in [3.8, 4) is 0 Å². The zero-order chi connectivity index (χ0) is 92.2. The van der Waals surface area contributed by atoms with Crippen LogP contribution in [0.3, 0.4) is 0 Å². The maximum atomic E-state index is 14.7. The predicted octanol–water partition coefficient (Wildman–Crippen LogP) is -18.8. The van der Waals surface area contributed by atoms with E-state index in [4.69, 9.17) is 40.9 Å². The molecule has 4 aliphatic rings. The number of aliphatic hydroxyl groups excluding tert-OH is 12. The van der Waals surface area contributed by atoms with Crippen molar-refractivity contribution < 1.29 is 181 Å². The summed E-state index contributed by atoms with van der Waals surface area (Å²) in [6, 6.07) is -25.6. The zero-order valence-corrected chi connectivity index (χ0v) is 66.8. The minimum absolute atomic E-state index is 0.0197. The first-order valence-corrected chi connectivity index (χ1v) is 38.1. The van der Waals surface area contributed by atoms with E-state index in [2.05, 4.69) is 58.5 Å². The van der Waals surface area contributed by atoms with Gasteiger partial charge in [-0.1, -0.05) is 13.8 Å². The predicted molar refractivity (Wildman–Crippen MR) is 398 cm³/mol. The molecule has 4 heterocycles. The van der Waals surface area contributed by atoms with E-state index in [1.165, 1.54) is 20.8 Å². The third-order valence-corrected chi connectivity index (χ3v) is 19.4. The quantitative estimate of drug-likeness (QED) is 0.0269. The van der Waals surface area contributed by atoms with Crippen molar-refractivity contribution >= 4 is 106 Å². The number of rotatable bonds is 47. The summed E-state index contributed by atoms with van der Waals surface area (Å²) < 4.78 is 29.3. The van der Waals surface area contributed by atoms with Gasteiger partial charge >= 0.3 is 11.9 Å². The molecule has 54 nitrogen and oxygen atoms in total. The van der Waals surface area contributed by atoms with Crippen LogP contribution in [-0.4, -0.2) is 400 Å². The van der Waals surface area contributed by atoms with Gasteiger partial charge in [-0.25, -0.2) is 4.79 Å². The van der Waals surface area contributed by atoms with E-state index in [0.717, 1.165) is 25.7 Å². The van der Waals surface area contributed by atoms with Crippen LogP contribution in [0, 0.1) is 5.92 Å². The minimum atomic E-state index is -2.40. The first kappa shape index (κ1) is 104. The first-order chi connectivity index (χ1) is 57.2. The molecule has 27 atom stereocenters. The number of carbonyl (C=O) groups excluding carboxylic acids is 16. The van der Waals surface area contributed by atoms with Crippen LogP contribution in [0.4, 0.5) is 0 Å². The second-order valence-corrected chi connectivity index (χ2v) is 29.2. The third kappa shape index (κ3) is 30.4. The van der Waals surface area contributed by atoms with E-state index < -0.39 is 362 Å². The lowest BCUT2D eigenvalue weighted by Crippen LogP contribution is -2.71. The first-order valence-electron chi connectivity index (χ1n) is 38.1. The molecule has 0 aromatic carbocycles. The molecule has 0 aromatic heterocycles. The van der Waals surface area contributed by atoms with Crippen LogP contribution in [0.15, 0.2) is 0 Å². The Morgan fingerprint density at radius 3 is 1.46 bits per heavy atom. The summed E-state index contributed by atoms with van der Waals surface area (Å²) in [5, 5.41) is 174. The van der Waals surface area contributed by atoms with Crippen LogP contribution in [0.25, 0.3) is 0 Å². The summed E-state index contributed by atoms with van der Waals surface area (Å²) in [5.74, 6) is -24.9. The monoisotopic (exact) mass is 1760 g/mol. The van der Waals surface area contributed by atoms with E-state index in [9.17, 15) is 158 Å². The number of carboxylic acid groups (broad SMARTS) is 2. The number of nitrogens with one attached hydrogen (secondary N) is 13. The van der Waals surface area contributed by atoms with Gasteiger partial charge < -0.3 is 186 Å². The Morgan fingerprint density at radius 2 is 0.959 bits per heavy atom. The van der Waals surface area contributed by atoms with Crippen LogP contribution in [0.1, 0.15) is 92.9 Å². The lowest BCUT2D eigenvalue weighted by Gasteiger charge is -2.49. The van der Waals surface area contributed by atoms with E-state index >= 15 is 0 Å². The fourth-order valence-corrected chi connectivity index (χ4v) is 12.8. The van der Waals surface area contributed by atoms with Crippen LogP contribution in [0.5, 0.6) is 0 Å². The van der Waals surface area contributed by atoms with Crippen molar-refractivity contribution in [1.29, 1.82) is 0 Å². The molecule has 4 aliphatic heterocycles. The maximum absolute atomic E-state index is 14.7. The molecule has 4 saturated heterocycles. The van der Waals surface area contributed by atoms with Gasteiger partial charge in [0, 0.05) is 33.2 Å². The standard InChI is InChI=1S/C68H111N17O37/c1-23(2)44(62(113)78-32(17-86)59(110)75-29(10-12-40(71)95)56(107)84-45(24(3)91)63(114)79-33(18-87)60(111)80-34(19-88)65(115)85-13-7-8-36(85)61(112)81-35(20-89)66(116)117)83-58(109)31(15-43(98)99)77-57(108)30(76-55(106)28(9-11-39(70)94)74-42(97)16-69)14-41(96)82-64-46(72-26(5)92)51(103)54(38(120-64)22-118-68-53(105)52(104)48(100)25(4)119-68)122-67-47(73-27(6)93)50(102)49(101)37(21-90)121-67/h23-25,28-38,44-54,64,67-68,86-91,100-105H,7-22,69H2,1-6H3,(H2,70,94)(H2,71,95)(H,72,92)(H,73,93)(H,74,97)(H,75,110)(H,76,106)(H,77,108)(H,78,113)(H,79,114)(H,80,111)(H,81,112)(H,82,96)(H,83,109)(H,84,107)(H,98,99)(H,116,117)/t24-,25+,28+,29+,30+,31+,32+,33+,34+,35+,36+,37-,38-,44+,45+,46-,47-,48-,49-,50-,51-,52-,53+,54-,64-,67+,68-/m1/s1. The van der Waals surface area contributed by atoms with E-state index in [1.54, 1.807) is 0 Å². The van der Waals surface area contributed by atoms with Gasteiger partial charge in [0.1, 0.15) is 133 Å². The van der Waals surface area contributed by atoms with Crippen LogP contribution < -0.4 is 86.3 Å². The lowest BCUT2D eigenvalue weighted by molar-refractivity contribution is -0.329. The van der Waals surface area contributed by atoms with E-state index in [0.29, 0.717) is 0 Å². The molecule has 0 spiro atoms. The summed E-state index contributed by atoms with van der Waals surface area (Å²) in [4.78, 5) is 241. The van der Waals surface area contributed by atoms with Crippen molar-refractivity contribution in [2.45, 2.75) is 257 Å². The summed E-state index contributed by atoms with van der Waals surface area (Å²) in [6.45, 7) is -1.05. The molecule has 0 radical (unpaired) electrons. The Morgan fingerprint density at radius 1 is 0.484 bits per heavy atom. The third-order valence-electron chi connectivity index (χ3n) is 19.4. The summed E-state index contributed by atoms with van der Waals surface area (Å²) in [7, 11) is 0. The van der Waals surface area contributed by atoms with Gasteiger partial charge in [0.25, 0.3) is 0 Å². The van der Waals surface area contributed by atoms with Crippen LogP contribution in [0.2, 0.25) is 0 Å². The zero-order valence-electron chi connectivity index (χ0n) is 66.8. The fraction of sp³-hybridized carbons (Fsp3) is 0.735. The van der Waals surface area contributed by atoms with Gasteiger partial charge in [0.15, 0.2) is 18.8 Å². The Hall–Kier alpha value is -10.3. The molecular weight excluding hydrogens is 1650 g/mol. The Kier molecular flexibility index (Phi) is 41.9. The van der Waals surface area contributed by atoms with Gasteiger partial charge in [-0.05, 0) is 45.4 Å².